The molecule has 152 valence electrons. The predicted molar refractivity (Wildman–Crippen MR) is 125 cm³/mol. The highest BCUT2D eigenvalue weighted by Crippen LogP contribution is 2.33. The first-order valence-electron chi connectivity index (χ1n) is 9.46. The van der Waals surface area contributed by atoms with Crippen molar-refractivity contribution in [1.29, 1.82) is 0 Å². The number of carbonyl (C=O) groups excluding carboxylic acids is 1. The third kappa shape index (κ3) is 3.91. The lowest BCUT2D eigenvalue weighted by Gasteiger charge is -2.15. The van der Waals surface area contributed by atoms with Crippen molar-refractivity contribution in [2.45, 2.75) is 12.1 Å². The van der Waals surface area contributed by atoms with E-state index in [0.29, 0.717) is 15.4 Å². The molecule has 0 saturated carbocycles. The summed E-state index contributed by atoms with van der Waals surface area (Å²) in [5.41, 5.74) is 2.69. The van der Waals surface area contributed by atoms with Gasteiger partial charge in [-0.05, 0) is 30.2 Å². The molecular weight excluding hydrogens is 414 g/mol. The van der Waals surface area contributed by atoms with Crippen LogP contribution in [0.5, 0.6) is 0 Å². The molecule has 0 N–H and O–H groups in total. The number of nitrogens with zero attached hydrogens (tertiary/aromatic N) is 3. The molecule has 4 aromatic rings. The molecule has 2 aromatic heterocycles. The average molecular weight is 436 g/mol. The van der Waals surface area contributed by atoms with Crippen LogP contribution in [-0.4, -0.2) is 40.2 Å². The van der Waals surface area contributed by atoms with Gasteiger partial charge in [0.05, 0.1) is 16.8 Å². The van der Waals surface area contributed by atoms with Crippen LogP contribution in [0.1, 0.15) is 5.56 Å². The van der Waals surface area contributed by atoms with E-state index < -0.39 is 0 Å². The fourth-order valence-electron chi connectivity index (χ4n) is 3.09. The van der Waals surface area contributed by atoms with Crippen LogP contribution in [0.25, 0.3) is 26.3 Å². The summed E-state index contributed by atoms with van der Waals surface area (Å²) in [6.07, 6.45) is 0. The molecule has 0 bridgehead atoms. The lowest BCUT2D eigenvalue weighted by Crippen LogP contribution is -2.25. The summed E-state index contributed by atoms with van der Waals surface area (Å²) in [4.78, 5) is 33.7. The van der Waals surface area contributed by atoms with Crippen LogP contribution in [0, 0.1) is 6.92 Å². The minimum atomic E-state index is -0.118. The molecule has 0 aliphatic carbocycles. The summed E-state index contributed by atoms with van der Waals surface area (Å²) >= 11 is 2.78. The van der Waals surface area contributed by atoms with Crippen molar-refractivity contribution in [3.8, 4) is 16.1 Å². The number of aryl methyl sites for hydroxylation is 1. The number of thiophene rings is 1. The Morgan fingerprint density at radius 3 is 2.50 bits per heavy atom. The highest BCUT2D eigenvalue weighted by atomic mass is 32.2. The van der Waals surface area contributed by atoms with Gasteiger partial charge in [-0.3, -0.25) is 14.2 Å². The Balaban J connectivity index is 1.90. The second-order valence-electron chi connectivity index (χ2n) is 7.09. The van der Waals surface area contributed by atoms with Crippen LogP contribution in [0.4, 0.5) is 0 Å². The summed E-state index contributed by atoms with van der Waals surface area (Å²) < 4.78 is 1.63. The Morgan fingerprint density at radius 2 is 1.80 bits per heavy atom. The maximum absolute atomic E-state index is 13.5. The maximum Gasteiger partial charge on any atom is 0.267 e. The normalized spacial score (nSPS) is 11.0. The van der Waals surface area contributed by atoms with E-state index in [1.807, 2.05) is 67.6 Å². The first-order chi connectivity index (χ1) is 14.5. The molecule has 0 aliphatic rings. The molecule has 0 radical (unpaired) electrons. The highest BCUT2D eigenvalue weighted by molar-refractivity contribution is 7.99. The second-order valence-corrected chi connectivity index (χ2v) is 9.07. The fraction of sp³-hybridized carbons (Fsp3) is 0.174. The van der Waals surface area contributed by atoms with Gasteiger partial charge in [-0.25, -0.2) is 4.98 Å². The van der Waals surface area contributed by atoms with Crippen LogP contribution in [-0.2, 0) is 4.79 Å². The number of benzene rings is 2. The Bertz CT molecular complexity index is 1280. The van der Waals surface area contributed by atoms with Crippen LogP contribution in [0.3, 0.4) is 0 Å². The van der Waals surface area contributed by atoms with Gasteiger partial charge in [-0.2, -0.15) is 0 Å². The zero-order chi connectivity index (χ0) is 21.3. The molecule has 0 unspecified atom stereocenters. The monoisotopic (exact) mass is 435 g/mol. The molecule has 30 heavy (non-hydrogen) atoms. The van der Waals surface area contributed by atoms with E-state index in [2.05, 4.69) is 0 Å². The van der Waals surface area contributed by atoms with Gasteiger partial charge in [0.25, 0.3) is 5.56 Å². The molecule has 0 aliphatic heterocycles. The summed E-state index contributed by atoms with van der Waals surface area (Å²) in [7, 11) is 3.44. The van der Waals surface area contributed by atoms with Gasteiger partial charge >= 0.3 is 0 Å². The largest absolute Gasteiger partial charge is 0.348 e. The number of para-hydroxylation sites is 1. The second kappa shape index (κ2) is 8.45. The van der Waals surface area contributed by atoms with Gasteiger partial charge in [0.1, 0.15) is 4.83 Å². The fourth-order valence-corrected chi connectivity index (χ4v) is 5.15. The van der Waals surface area contributed by atoms with Crippen LogP contribution in [0.15, 0.2) is 70.6 Å². The van der Waals surface area contributed by atoms with E-state index in [1.54, 1.807) is 23.6 Å². The van der Waals surface area contributed by atoms with Gasteiger partial charge in [-0.15, -0.1) is 11.3 Å². The number of rotatable bonds is 5. The molecule has 0 atom stereocenters. The molecule has 2 aromatic carbocycles. The molecule has 4 rings (SSSR count). The van der Waals surface area contributed by atoms with E-state index in [1.165, 1.54) is 23.1 Å². The van der Waals surface area contributed by atoms with Crippen molar-refractivity contribution < 1.29 is 4.79 Å². The van der Waals surface area contributed by atoms with E-state index in [4.69, 9.17) is 4.98 Å². The Hall–Kier alpha value is -2.90. The minimum absolute atomic E-state index is 0.0261. The first kappa shape index (κ1) is 20.4. The van der Waals surface area contributed by atoms with Gasteiger partial charge in [0.2, 0.25) is 5.91 Å². The van der Waals surface area contributed by atoms with Gasteiger partial charge in [0, 0.05) is 19.0 Å². The molecule has 0 fully saturated rings. The van der Waals surface area contributed by atoms with Crippen molar-refractivity contribution in [3.05, 3.63) is 76.6 Å². The lowest BCUT2D eigenvalue weighted by atomic mass is 10.2. The summed E-state index contributed by atoms with van der Waals surface area (Å²) in [5.74, 6) is 0.190. The number of hydrogen-bond donors (Lipinski definition) is 0. The lowest BCUT2D eigenvalue weighted by molar-refractivity contribution is -0.125. The van der Waals surface area contributed by atoms with Crippen molar-refractivity contribution in [1.82, 2.24) is 14.5 Å². The average Bonchev–Trinajstić information content (AvgIpc) is 3.18. The van der Waals surface area contributed by atoms with Crippen LogP contribution < -0.4 is 5.56 Å². The first-order valence-corrected chi connectivity index (χ1v) is 11.3. The molecule has 0 saturated heterocycles. The third-order valence-corrected chi connectivity index (χ3v) is 6.77. The zero-order valence-corrected chi connectivity index (χ0v) is 18.6. The SMILES string of the molecule is Cc1ccccc1-n1c(SCC(=O)N(C)C)nc2sc(-c3ccccc3)cc2c1=O. The quantitative estimate of drug-likeness (QED) is 0.340. The molecule has 7 heteroatoms. The van der Waals surface area contributed by atoms with Crippen LogP contribution in [0.2, 0.25) is 0 Å². The standard InChI is InChI=1S/C23H21N3O2S2/c1-15-9-7-8-12-18(15)26-22(28)17-13-19(16-10-5-4-6-11-16)30-21(17)24-23(26)29-14-20(27)25(2)3/h4-13H,14H2,1-3H3. The van der Waals surface area contributed by atoms with Gasteiger partial charge in [-0.1, -0.05) is 60.3 Å². The molecule has 0 spiro atoms. The number of hydrogen-bond acceptors (Lipinski definition) is 5. The number of carbonyl (C=O) groups is 1. The predicted octanol–water partition coefficient (Wildman–Crippen LogP) is 4.60. The minimum Gasteiger partial charge on any atom is -0.348 e. The van der Waals surface area contributed by atoms with Gasteiger partial charge in [0.15, 0.2) is 5.16 Å². The third-order valence-electron chi connectivity index (χ3n) is 4.77. The van der Waals surface area contributed by atoms with E-state index >= 15 is 0 Å². The maximum atomic E-state index is 13.5. The highest BCUT2D eigenvalue weighted by Gasteiger charge is 2.18. The molecule has 1 amide bonds. The summed E-state index contributed by atoms with van der Waals surface area (Å²) in [6, 6.07) is 19.6. The molecular formula is C23H21N3O2S2. The number of thioether (sulfide) groups is 1. The summed E-state index contributed by atoms with van der Waals surface area (Å²) in [6.45, 7) is 1.97. The molecule has 2 heterocycles. The number of amides is 1. The summed E-state index contributed by atoms with van der Waals surface area (Å²) in [5, 5.41) is 1.11. The Morgan fingerprint density at radius 1 is 1.10 bits per heavy atom. The van der Waals surface area contributed by atoms with Crippen molar-refractivity contribution in [2.24, 2.45) is 0 Å². The van der Waals surface area contributed by atoms with Crippen LogP contribution >= 0.6 is 23.1 Å². The Labute approximate surface area is 183 Å². The van der Waals surface area contributed by atoms with Crippen molar-refractivity contribution in [2.75, 3.05) is 19.8 Å². The van der Waals surface area contributed by atoms with E-state index in [0.717, 1.165) is 21.7 Å². The smallest absolute Gasteiger partial charge is 0.267 e. The van der Waals surface area contributed by atoms with Crippen molar-refractivity contribution >= 4 is 39.2 Å². The Kier molecular flexibility index (Phi) is 5.74. The number of aromatic nitrogens is 2. The van der Waals surface area contributed by atoms with E-state index in [-0.39, 0.29) is 17.2 Å². The van der Waals surface area contributed by atoms with Crippen molar-refractivity contribution in [3.63, 3.8) is 0 Å². The topological polar surface area (TPSA) is 55.2 Å². The number of fused-ring (bicyclic) bond motifs is 1. The zero-order valence-electron chi connectivity index (χ0n) is 17.0. The van der Waals surface area contributed by atoms with E-state index in [9.17, 15) is 9.59 Å². The molecule has 5 nitrogen and oxygen atoms in total. The van der Waals surface area contributed by atoms with Gasteiger partial charge < -0.3 is 4.90 Å².